The highest BCUT2D eigenvalue weighted by Crippen LogP contribution is 2.22. The Balaban J connectivity index is 2.03. The summed E-state index contributed by atoms with van der Waals surface area (Å²) in [4.78, 5) is 0. The summed E-state index contributed by atoms with van der Waals surface area (Å²) in [5, 5.41) is 9.37. The molecule has 0 radical (unpaired) electrons. The Labute approximate surface area is 121 Å². The minimum atomic E-state index is -0.499. The minimum absolute atomic E-state index is 0.0231. The van der Waals surface area contributed by atoms with Gasteiger partial charge < -0.3 is 9.84 Å². The van der Waals surface area contributed by atoms with Gasteiger partial charge in [0.1, 0.15) is 11.4 Å². The number of aliphatic hydroxyl groups excluding tert-OH is 1. The van der Waals surface area contributed by atoms with Crippen LogP contribution in [0.25, 0.3) is 0 Å². The first kappa shape index (κ1) is 14.6. The van der Waals surface area contributed by atoms with Crippen LogP contribution in [0.2, 0.25) is 0 Å². The summed E-state index contributed by atoms with van der Waals surface area (Å²) in [6.07, 6.45) is 1.70. The zero-order valence-corrected chi connectivity index (χ0v) is 12.2. The van der Waals surface area contributed by atoms with Crippen molar-refractivity contribution in [2.45, 2.75) is 32.3 Å². The smallest absolute Gasteiger partial charge is 0.129 e. The zero-order valence-electron chi connectivity index (χ0n) is 12.2. The number of ether oxygens (including phenoxy) is 1. The van der Waals surface area contributed by atoms with Gasteiger partial charge in [-0.3, -0.25) is 0 Å². The lowest BCUT2D eigenvalue weighted by Gasteiger charge is -2.27. The molecular weight excluding hydrogens is 248 g/mol. The minimum Gasteiger partial charge on any atom is -0.485 e. The standard InChI is InChI=1S/C18H22O2/c1-3-18(2,14-19)20-17-11-9-16(10-12-17)13-15-7-5-4-6-8-15/h4-12,19H,3,13-14H2,1-2H3. The Hall–Kier alpha value is -1.80. The molecule has 0 aliphatic heterocycles. The van der Waals surface area contributed by atoms with Crippen LogP contribution in [-0.4, -0.2) is 17.3 Å². The Morgan fingerprint density at radius 2 is 1.55 bits per heavy atom. The van der Waals surface area contributed by atoms with Crippen LogP contribution in [0.15, 0.2) is 54.6 Å². The third-order valence-corrected chi connectivity index (χ3v) is 3.62. The highest BCUT2D eigenvalue weighted by molar-refractivity contribution is 5.31. The number of benzene rings is 2. The molecule has 0 spiro atoms. The van der Waals surface area contributed by atoms with Gasteiger partial charge in [0.15, 0.2) is 0 Å². The summed E-state index contributed by atoms with van der Waals surface area (Å²) in [6.45, 7) is 3.96. The van der Waals surface area contributed by atoms with Gasteiger partial charge in [-0.2, -0.15) is 0 Å². The fourth-order valence-corrected chi connectivity index (χ4v) is 2.01. The second-order valence-corrected chi connectivity index (χ2v) is 5.37. The summed E-state index contributed by atoms with van der Waals surface area (Å²) in [6, 6.07) is 18.5. The van der Waals surface area contributed by atoms with Gasteiger partial charge in [0.2, 0.25) is 0 Å². The molecule has 106 valence electrons. The van der Waals surface area contributed by atoms with E-state index in [1.165, 1.54) is 11.1 Å². The molecule has 0 aliphatic carbocycles. The molecule has 0 amide bonds. The molecule has 1 unspecified atom stereocenters. The second-order valence-electron chi connectivity index (χ2n) is 5.37. The van der Waals surface area contributed by atoms with E-state index in [1.807, 2.05) is 32.0 Å². The van der Waals surface area contributed by atoms with Crippen LogP contribution in [0, 0.1) is 0 Å². The van der Waals surface area contributed by atoms with Crippen molar-refractivity contribution in [1.82, 2.24) is 0 Å². The predicted octanol–water partition coefficient (Wildman–Crippen LogP) is 3.82. The van der Waals surface area contributed by atoms with E-state index in [-0.39, 0.29) is 6.61 Å². The van der Waals surface area contributed by atoms with Crippen LogP contribution in [-0.2, 0) is 6.42 Å². The first-order valence-corrected chi connectivity index (χ1v) is 7.08. The lowest BCUT2D eigenvalue weighted by Crippen LogP contribution is -2.35. The predicted molar refractivity (Wildman–Crippen MR) is 82.1 cm³/mol. The number of hydrogen-bond acceptors (Lipinski definition) is 2. The van der Waals surface area contributed by atoms with E-state index in [2.05, 4.69) is 36.4 Å². The molecule has 1 atom stereocenters. The highest BCUT2D eigenvalue weighted by atomic mass is 16.5. The van der Waals surface area contributed by atoms with Crippen molar-refractivity contribution in [1.29, 1.82) is 0 Å². The van der Waals surface area contributed by atoms with E-state index in [9.17, 15) is 5.11 Å². The molecule has 0 aromatic heterocycles. The van der Waals surface area contributed by atoms with Crippen LogP contribution in [0.4, 0.5) is 0 Å². The normalized spacial score (nSPS) is 13.8. The average molecular weight is 270 g/mol. The summed E-state index contributed by atoms with van der Waals surface area (Å²) in [7, 11) is 0. The van der Waals surface area contributed by atoms with E-state index in [0.29, 0.717) is 0 Å². The quantitative estimate of drug-likeness (QED) is 0.864. The third-order valence-electron chi connectivity index (χ3n) is 3.62. The van der Waals surface area contributed by atoms with Gasteiger partial charge in [-0.25, -0.2) is 0 Å². The lowest BCUT2D eigenvalue weighted by molar-refractivity contribution is 0.0219. The monoisotopic (exact) mass is 270 g/mol. The number of rotatable bonds is 6. The van der Waals surface area contributed by atoms with E-state index in [1.54, 1.807) is 0 Å². The van der Waals surface area contributed by atoms with Crippen LogP contribution in [0.3, 0.4) is 0 Å². The molecule has 0 saturated carbocycles. The fraction of sp³-hybridized carbons (Fsp3) is 0.333. The summed E-state index contributed by atoms with van der Waals surface area (Å²) < 4.78 is 5.86. The van der Waals surface area contributed by atoms with Gasteiger partial charge in [-0.15, -0.1) is 0 Å². The summed E-state index contributed by atoms with van der Waals surface area (Å²) >= 11 is 0. The largest absolute Gasteiger partial charge is 0.485 e. The van der Waals surface area contributed by atoms with Gasteiger partial charge in [0.25, 0.3) is 0 Å². The van der Waals surface area contributed by atoms with E-state index < -0.39 is 5.60 Å². The molecule has 20 heavy (non-hydrogen) atoms. The molecule has 0 heterocycles. The first-order valence-electron chi connectivity index (χ1n) is 7.08. The topological polar surface area (TPSA) is 29.5 Å². The van der Waals surface area contributed by atoms with Gasteiger partial charge in [-0.1, -0.05) is 49.4 Å². The van der Waals surface area contributed by atoms with E-state index >= 15 is 0 Å². The fourth-order valence-electron chi connectivity index (χ4n) is 2.01. The van der Waals surface area contributed by atoms with Crippen molar-refractivity contribution in [3.8, 4) is 5.75 Å². The maximum atomic E-state index is 9.37. The van der Waals surface area contributed by atoms with Gasteiger partial charge >= 0.3 is 0 Å². The van der Waals surface area contributed by atoms with Crippen molar-refractivity contribution < 1.29 is 9.84 Å². The summed E-state index contributed by atoms with van der Waals surface area (Å²) in [5.41, 5.74) is 2.06. The molecule has 0 fully saturated rings. The third kappa shape index (κ3) is 3.84. The van der Waals surface area contributed by atoms with E-state index in [4.69, 9.17) is 4.74 Å². The van der Waals surface area contributed by atoms with Gasteiger partial charge in [-0.05, 0) is 43.0 Å². The Kier molecular flexibility index (Phi) is 4.80. The van der Waals surface area contributed by atoms with Gasteiger partial charge in [0, 0.05) is 0 Å². The number of hydrogen-bond donors (Lipinski definition) is 1. The zero-order chi connectivity index (χ0) is 14.4. The Morgan fingerprint density at radius 1 is 0.950 bits per heavy atom. The van der Waals surface area contributed by atoms with Crippen molar-refractivity contribution in [2.24, 2.45) is 0 Å². The highest BCUT2D eigenvalue weighted by Gasteiger charge is 2.22. The molecule has 2 rings (SSSR count). The van der Waals surface area contributed by atoms with Crippen molar-refractivity contribution in [2.75, 3.05) is 6.61 Å². The molecule has 2 aromatic carbocycles. The molecule has 2 heteroatoms. The maximum absolute atomic E-state index is 9.37. The molecule has 1 N–H and O–H groups in total. The van der Waals surface area contributed by atoms with Crippen molar-refractivity contribution in [3.63, 3.8) is 0 Å². The Morgan fingerprint density at radius 3 is 2.10 bits per heavy atom. The molecule has 2 aromatic rings. The molecule has 0 bridgehead atoms. The average Bonchev–Trinajstić information content (AvgIpc) is 2.50. The SMILES string of the molecule is CCC(C)(CO)Oc1ccc(Cc2ccccc2)cc1. The van der Waals surface area contributed by atoms with Crippen molar-refractivity contribution in [3.05, 3.63) is 65.7 Å². The van der Waals surface area contributed by atoms with Crippen LogP contribution in [0.5, 0.6) is 5.75 Å². The van der Waals surface area contributed by atoms with Crippen LogP contribution >= 0.6 is 0 Å². The van der Waals surface area contributed by atoms with Crippen molar-refractivity contribution >= 4 is 0 Å². The van der Waals surface area contributed by atoms with Crippen LogP contribution in [0.1, 0.15) is 31.4 Å². The first-order chi connectivity index (χ1) is 9.65. The molecule has 0 saturated heterocycles. The molecular formula is C18H22O2. The maximum Gasteiger partial charge on any atom is 0.129 e. The number of aliphatic hydroxyl groups is 1. The Bertz CT molecular complexity index is 513. The second kappa shape index (κ2) is 6.58. The molecule has 0 aliphatic rings. The molecule has 2 nitrogen and oxygen atoms in total. The van der Waals surface area contributed by atoms with E-state index in [0.717, 1.165) is 18.6 Å². The lowest BCUT2D eigenvalue weighted by atomic mass is 10.0. The van der Waals surface area contributed by atoms with Crippen LogP contribution < -0.4 is 4.74 Å². The van der Waals surface area contributed by atoms with Gasteiger partial charge in [0.05, 0.1) is 6.61 Å². The summed E-state index contributed by atoms with van der Waals surface area (Å²) in [5.74, 6) is 0.806.